The Morgan fingerprint density at radius 2 is 1.90 bits per heavy atom. The number of Topliss-reactive ketones (excluding diaryl/α,β-unsaturated/α-hetero) is 1. The molecular weight excluding hydrogens is 270 g/mol. The topological polar surface area (TPSA) is 105 Å². The number of benzene rings is 1. The van der Waals surface area contributed by atoms with Crippen molar-refractivity contribution in [1.29, 1.82) is 5.41 Å². The van der Waals surface area contributed by atoms with Crippen LogP contribution >= 0.6 is 0 Å². The molecule has 1 atom stereocenters. The largest absolute Gasteiger partial charge is 0.444 e. The van der Waals surface area contributed by atoms with Crippen LogP contribution in [0.3, 0.4) is 0 Å². The first-order chi connectivity index (χ1) is 9.71. The summed E-state index contributed by atoms with van der Waals surface area (Å²) in [5, 5.41) is 9.57. The molecule has 0 radical (unpaired) electrons. The van der Waals surface area contributed by atoms with E-state index in [-0.39, 0.29) is 6.42 Å². The monoisotopic (exact) mass is 291 g/mol. The SMILES string of the molecule is CC(C)(C)OC(=O)N[C@@H](Cc1ccc(N)cc1)C(=O)C=N. The van der Waals surface area contributed by atoms with Crippen molar-refractivity contribution >= 4 is 23.8 Å². The summed E-state index contributed by atoms with van der Waals surface area (Å²) in [6, 6.07) is 6.15. The van der Waals surface area contributed by atoms with Crippen LogP contribution in [0.15, 0.2) is 24.3 Å². The summed E-state index contributed by atoms with van der Waals surface area (Å²) in [7, 11) is 0. The predicted octanol–water partition coefficient (Wildman–Crippen LogP) is 1.92. The number of ketones is 1. The van der Waals surface area contributed by atoms with Gasteiger partial charge in [0.1, 0.15) is 11.6 Å². The molecule has 6 heteroatoms. The van der Waals surface area contributed by atoms with Crippen molar-refractivity contribution in [2.75, 3.05) is 5.73 Å². The number of nitrogen functional groups attached to an aromatic ring is 1. The highest BCUT2D eigenvalue weighted by Crippen LogP contribution is 2.10. The van der Waals surface area contributed by atoms with Gasteiger partial charge in [-0.15, -0.1) is 0 Å². The van der Waals surface area contributed by atoms with Crippen molar-refractivity contribution in [3.63, 3.8) is 0 Å². The summed E-state index contributed by atoms with van der Waals surface area (Å²) in [5.41, 5.74) is 6.40. The number of ether oxygens (including phenoxy) is 1. The van der Waals surface area contributed by atoms with Crippen LogP contribution in [0.25, 0.3) is 0 Å². The Morgan fingerprint density at radius 1 is 1.33 bits per heavy atom. The summed E-state index contributed by atoms with van der Waals surface area (Å²) in [4.78, 5) is 23.5. The molecule has 0 aliphatic rings. The second-order valence-electron chi connectivity index (χ2n) is 5.69. The highest BCUT2D eigenvalue weighted by atomic mass is 16.6. The van der Waals surface area contributed by atoms with E-state index in [1.54, 1.807) is 45.0 Å². The number of nitrogens with two attached hydrogens (primary N) is 1. The molecular formula is C15H21N3O3. The molecule has 0 bridgehead atoms. The molecule has 21 heavy (non-hydrogen) atoms. The van der Waals surface area contributed by atoms with Crippen LogP contribution in [-0.4, -0.2) is 29.7 Å². The second-order valence-corrected chi connectivity index (χ2v) is 5.69. The van der Waals surface area contributed by atoms with Crippen molar-refractivity contribution in [2.24, 2.45) is 0 Å². The minimum Gasteiger partial charge on any atom is -0.444 e. The molecule has 0 aliphatic carbocycles. The number of carbonyl (C=O) groups is 2. The average molecular weight is 291 g/mol. The van der Waals surface area contributed by atoms with Crippen LogP contribution in [0.1, 0.15) is 26.3 Å². The summed E-state index contributed by atoms with van der Waals surface area (Å²) >= 11 is 0. The van der Waals surface area contributed by atoms with Gasteiger partial charge in [-0.25, -0.2) is 4.79 Å². The van der Waals surface area contributed by atoms with Gasteiger partial charge in [0.2, 0.25) is 0 Å². The Labute approximate surface area is 124 Å². The smallest absolute Gasteiger partial charge is 0.408 e. The highest BCUT2D eigenvalue weighted by molar-refractivity contribution is 6.29. The maximum Gasteiger partial charge on any atom is 0.408 e. The van der Waals surface area contributed by atoms with E-state index in [9.17, 15) is 9.59 Å². The Balaban J connectivity index is 2.77. The van der Waals surface area contributed by atoms with Gasteiger partial charge in [0, 0.05) is 12.1 Å². The normalized spacial score (nSPS) is 12.3. The van der Waals surface area contributed by atoms with E-state index in [0.29, 0.717) is 11.9 Å². The van der Waals surface area contributed by atoms with E-state index in [4.69, 9.17) is 15.9 Å². The fourth-order valence-corrected chi connectivity index (χ4v) is 1.66. The van der Waals surface area contributed by atoms with Crippen molar-refractivity contribution in [3.8, 4) is 0 Å². The number of anilines is 1. The number of nitrogens with one attached hydrogen (secondary N) is 2. The molecule has 0 aromatic heterocycles. The van der Waals surface area contributed by atoms with Gasteiger partial charge in [-0.2, -0.15) is 0 Å². The zero-order valence-electron chi connectivity index (χ0n) is 12.5. The lowest BCUT2D eigenvalue weighted by atomic mass is 10.0. The summed E-state index contributed by atoms with van der Waals surface area (Å²) in [6.45, 7) is 5.21. The molecule has 1 amide bonds. The zero-order valence-corrected chi connectivity index (χ0v) is 12.5. The number of hydrogen-bond donors (Lipinski definition) is 3. The van der Waals surface area contributed by atoms with Crippen LogP contribution in [0, 0.1) is 5.41 Å². The number of hydrogen-bond acceptors (Lipinski definition) is 5. The Morgan fingerprint density at radius 3 is 2.38 bits per heavy atom. The average Bonchev–Trinajstić information content (AvgIpc) is 2.37. The van der Waals surface area contributed by atoms with Crippen LogP contribution in [0.2, 0.25) is 0 Å². The molecule has 0 saturated heterocycles. The third-order valence-electron chi connectivity index (χ3n) is 2.60. The molecule has 0 aliphatic heterocycles. The third kappa shape index (κ3) is 6.07. The lowest BCUT2D eigenvalue weighted by molar-refractivity contribution is -0.114. The van der Waals surface area contributed by atoms with Gasteiger partial charge in [-0.05, 0) is 38.5 Å². The molecule has 1 aromatic carbocycles. The Hall–Kier alpha value is -2.37. The molecule has 0 heterocycles. The van der Waals surface area contributed by atoms with Crippen LogP contribution in [0.5, 0.6) is 0 Å². The van der Waals surface area contributed by atoms with Gasteiger partial charge in [0.05, 0.1) is 6.21 Å². The van der Waals surface area contributed by atoms with Gasteiger partial charge in [-0.3, -0.25) is 4.79 Å². The summed E-state index contributed by atoms with van der Waals surface area (Å²) < 4.78 is 5.12. The minimum absolute atomic E-state index is 0.272. The number of amides is 1. The number of carbonyl (C=O) groups excluding carboxylic acids is 2. The van der Waals surface area contributed by atoms with Crippen LogP contribution < -0.4 is 11.1 Å². The molecule has 6 nitrogen and oxygen atoms in total. The molecule has 0 saturated carbocycles. The van der Waals surface area contributed by atoms with Crippen molar-refractivity contribution in [1.82, 2.24) is 5.32 Å². The van der Waals surface area contributed by atoms with E-state index < -0.39 is 23.5 Å². The predicted molar refractivity (Wildman–Crippen MR) is 81.5 cm³/mol. The maximum atomic E-state index is 11.8. The highest BCUT2D eigenvalue weighted by Gasteiger charge is 2.23. The first-order valence-corrected chi connectivity index (χ1v) is 6.59. The van der Waals surface area contributed by atoms with E-state index in [0.717, 1.165) is 5.56 Å². The molecule has 0 fully saturated rings. The summed E-state index contributed by atoms with van der Waals surface area (Å²) in [5.74, 6) is -0.488. The number of rotatable bonds is 5. The molecule has 1 rings (SSSR count). The molecule has 0 spiro atoms. The van der Waals surface area contributed by atoms with Crippen molar-refractivity contribution in [3.05, 3.63) is 29.8 Å². The fraction of sp³-hybridized carbons (Fsp3) is 0.400. The molecule has 0 unspecified atom stereocenters. The zero-order chi connectivity index (χ0) is 16.0. The number of alkyl carbamates (subject to hydrolysis) is 1. The Bertz CT molecular complexity index is 518. The fourth-order valence-electron chi connectivity index (χ4n) is 1.66. The van der Waals surface area contributed by atoms with E-state index in [1.807, 2.05) is 0 Å². The second kappa shape index (κ2) is 6.88. The van der Waals surface area contributed by atoms with Gasteiger partial charge < -0.3 is 21.2 Å². The molecule has 4 N–H and O–H groups in total. The lowest BCUT2D eigenvalue weighted by Gasteiger charge is -2.22. The standard InChI is InChI=1S/C15H21N3O3/c1-15(2,3)21-14(20)18-12(13(19)9-16)8-10-4-6-11(17)7-5-10/h4-7,9,12,16H,8,17H2,1-3H3,(H,18,20)/t12-/m0/s1. The van der Waals surface area contributed by atoms with E-state index >= 15 is 0 Å². The van der Waals surface area contributed by atoms with Gasteiger partial charge in [-0.1, -0.05) is 12.1 Å². The lowest BCUT2D eigenvalue weighted by Crippen LogP contribution is -2.45. The van der Waals surface area contributed by atoms with Crippen molar-refractivity contribution < 1.29 is 14.3 Å². The molecule has 1 aromatic rings. The van der Waals surface area contributed by atoms with E-state index in [2.05, 4.69) is 5.32 Å². The van der Waals surface area contributed by atoms with Crippen LogP contribution in [-0.2, 0) is 16.0 Å². The first kappa shape index (κ1) is 16.7. The first-order valence-electron chi connectivity index (χ1n) is 6.59. The maximum absolute atomic E-state index is 11.8. The minimum atomic E-state index is -0.832. The molecule has 114 valence electrons. The van der Waals surface area contributed by atoms with E-state index in [1.165, 1.54) is 0 Å². The van der Waals surface area contributed by atoms with Gasteiger partial charge >= 0.3 is 6.09 Å². The third-order valence-corrected chi connectivity index (χ3v) is 2.60. The van der Waals surface area contributed by atoms with Gasteiger partial charge in [0.15, 0.2) is 5.78 Å². The van der Waals surface area contributed by atoms with Gasteiger partial charge in [0.25, 0.3) is 0 Å². The Kier molecular flexibility index (Phi) is 5.46. The van der Waals surface area contributed by atoms with Crippen molar-refractivity contribution in [2.45, 2.75) is 38.8 Å². The quantitative estimate of drug-likeness (QED) is 0.569. The van der Waals surface area contributed by atoms with Crippen LogP contribution in [0.4, 0.5) is 10.5 Å². The summed E-state index contributed by atoms with van der Waals surface area (Å²) in [6.07, 6.45) is 0.283.